The highest BCUT2D eigenvalue weighted by Crippen LogP contribution is 2.28. The lowest BCUT2D eigenvalue weighted by atomic mass is 10.0. The molecule has 3 amide bonds. The summed E-state index contributed by atoms with van der Waals surface area (Å²) in [6, 6.07) is 5.09. The van der Waals surface area contributed by atoms with Crippen LogP contribution in [0.25, 0.3) is 0 Å². The smallest absolute Gasteiger partial charge is 0.315 e. The molecule has 0 radical (unpaired) electrons. The van der Waals surface area contributed by atoms with Gasteiger partial charge in [0.2, 0.25) is 15.9 Å². The lowest BCUT2D eigenvalue weighted by Crippen LogP contribution is -2.39. The molecule has 4 rings (SSSR count). The molecule has 3 aliphatic heterocycles. The summed E-state index contributed by atoms with van der Waals surface area (Å²) < 4.78 is 51.5. The third kappa shape index (κ3) is 4.76. The van der Waals surface area contributed by atoms with Crippen molar-refractivity contribution >= 4 is 37.5 Å². The number of benzene rings is 1. The first-order valence-corrected chi connectivity index (χ1v) is 14.0. The number of sulfone groups is 1. The zero-order valence-electron chi connectivity index (χ0n) is 17.6. The van der Waals surface area contributed by atoms with Gasteiger partial charge in [-0.05, 0) is 43.9 Å². The van der Waals surface area contributed by atoms with Crippen molar-refractivity contribution in [3.8, 4) is 0 Å². The molecule has 0 aromatic heterocycles. The molecule has 3 aliphatic rings. The summed E-state index contributed by atoms with van der Waals surface area (Å²) in [6.45, 7) is 1.02. The molecule has 3 heterocycles. The molecule has 1 aromatic carbocycles. The molecular formula is C20H28N4O6S2. The fourth-order valence-corrected chi connectivity index (χ4v) is 8.50. The molecule has 10 nitrogen and oxygen atoms in total. The van der Waals surface area contributed by atoms with Gasteiger partial charge in [0.15, 0.2) is 9.84 Å². The average Bonchev–Trinajstić information content (AvgIpc) is 3.42. The van der Waals surface area contributed by atoms with E-state index in [2.05, 4.69) is 16.0 Å². The van der Waals surface area contributed by atoms with Crippen molar-refractivity contribution < 1.29 is 26.4 Å². The number of hydrogen-bond acceptors (Lipinski definition) is 6. The van der Waals surface area contributed by atoms with Crippen LogP contribution < -0.4 is 16.0 Å². The largest absolute Gasteiger partial charge is 0.332 e. The van der Waals surface area contributed by atoms with Crippen LogP contribution in [0, 0.1) is 0 Å². The van der Waals surface area contributed by atoms with Gasteiger partial charge in [-0.25, -0.2) is 21.6 Å². The Morgan fingerprint density at radius 3 is 2.66 bits per heavy atom. The van der Waals surface area contributed by atoms with E-state index < -0.39 is 31.2 Å². The van der Waals surface area contributed by atoms with Crippen LogP contribution in [0.1, 0.15) is 38.5 Å². The number of carbonyl (C=O) groups is 2. The van der Waals surface area contributed by atoms with E-state index in [1.165, 1.54) is 16.4 Å². The Labute approximate surface area is 188 Å². The van der Waals surface area contributed by atoms with Gasteiger partial charge in [-0.1, -0.05) is 12.5 Å². The number of carbonyl (C=O) groups excluding carboxylic acids is 2. The number of unbranched alkanes of at least 4 members (excludes halogenated alkanes) is 1. The standard InChI is InChI=1S/C20H28N4O6S2/c25-18(9-2-1-8-17-19-16(13-31(17,27)28)22-20(26)23-19)21-14-6-5-7-15(12-14)32(29,30)24-10-3-4-11-24/h5-7,12,16-17,19H,1-4,8-11,13H2,(H,21,25)(H2,22,23,26)/t16-,17+,19+/m0/s1. The van der Waals surface area contributed by atoms with Crippen molar-refractivity contribution in [2.45, 2.75) is 60.8 Å². The molecule has 3 fully saturated rings. The maximum atomic E-state index is 12.7. The van der Waals surface area contributed by atoms with Crippen molar-refractivity contribution in [1.29, 1.82) is 0 Å². The normalized spacial score (nSPS) is 27.0. The first-order valence-electron chi connectivity index (χ1n) is 10.9. The highest BCUT2D eigenvalue weighted by Gasteiger charge is 2.51. The minimum absolute atomic E-state index is 0.0573. The lowest BCUT2D eigenvalue weighted by Gasteiger charge is -2.16. The van der Waals surface area contributed by atoms with E-state index in [1.54, 1.807) is 12.1 Å². The molecule has 0 unspecified atom stereocenters. The Morgan fingerprint density at radius 2 is 1.91 bits per heavy atom. The molecule has 12 heteroatoms. The zero-order valence-corrected chi connectivity index (χ0v) is 19.3. The highest BCUT2D eigenvalue weighted by molar-refractivity contribution is 7.92. The van der Waals surface area contributed by atoms with E-state index in [0.717, 1.165) is 12.8 Å². The molecule has 0 bridgehead atoms. The lowest BCUT2D eigenvalue weighted by molar-refractivity contribution is -0.116. The number of fused-ring (bicyclic) bond motifs is 1. The summed E-state index contributed by atoms with van der Waals surface area (Å²) in [7, 11) is -6.84. The van der Waals surface area contributed by atoms with Crippen LogP contribution in [0.5, 0.6) is 0 Å². The fourth-order valence-electron chi connectivity index (χ4n) is 4.67. The van der Waals surface area contributed by atoms with Crippen molar-refractivity contribution in [3.63, 3.8) is 0 Å². The van der Waals surface area contributed by atoms with Gasteiger partial charge in [0.25, 0.3) is 0 Å². The van der Waals surface area contributed by atoms with Gasteiger partial charge < -0.3 is 16.0 Å². The van der Waals surface area contributed by atoms with Gasteiger partial charge >= 0.3 is 6.03 Å². The van der Waals surface area contributed by atoms with Crippen LogP contribution in [0.4, 0.5) is 10.5 Å². The number of nitrogens with one attached hydrogen (secondary N) is 3. The number of rotatable bonds is 8. The molecule has 0 aliphatic carbocycles. The van der Waals surface area contributed by atoms with Crippen molar-refractivity contribution in [2.75, 3.05) is 24.2 Å². The van der Waals surface area contributed by atoms with E-state index in [-0.39, 0.29) is 35.0 Å². The second-order valence-electron chi connectivity index (χ2n) is 8.55. The summed E-state index contributed by atoms with van der Waals surface area (Å²) in [5, 5.41) is 7.40. The molecule has 1 aromatic rings. The average molecular weight is 485 g/mol. The van der Waals surface area contributed by atoms with Gasteiger partial charge in [-0.2, -0.15) is 4.31 Å². The van der Waals surface area contributed by atoms with E-state index in [1.807, 2.05) is 0 Å². The molecule has 3 atom stereocenters. The monoisotopic (exact) mass is 484 g/mol. The van der Waals surface area contributed by atoms with Crippen LogP contribution in [0.15, 0.2) is 29.2 Å². The van der Waals surface area contributed by atoms with E-state index in [0.29, 0.717) is 38.0 Å². The van der Waals surface area contributed by atoms with Gasteiger partial charge in [0.05, 0.1) is 28.0 Å². The molecule has 32 heavy (non-hydrogen) atoms. The number of hydrogen-bond donors (Lipinski definition) is 3. The van der Waals surface area contributed by atoms with Crippen LogP contribution in [0.2, 0.25) is 0 Å². The Hall–Kier alpha value is -2.18. The van der Waals surface area contributed by atoms with Crippen molar-refractivity contribution in [2.24, 2.45) is 0 Å². The molecular weight excluding hydrogens is 456 g/mol. The van der Waals surface area contributed by atoms with Crippen LogP contribution >= 0.6 is 0 Å². The predicted molar refractivity (Wildman–Crippen MR) is 118 cm³/mol. The molecule has 3 saturated heterocycles. The fraction of sp³-hybridized carbons (Fsp3) is 0.600. The number of nitrogens with zero attached hydrogens (tertiary/aromatic N) is 1. The van der Waals surface area contributed by atoms with E-state index >= 15 is 0 Å². The summed E-state index contributed by atoms with van der Waals surface area (Å²) >= 11 is 0. The third-order valence-corrected chi connectivity index (χ3v) is 10.5. The summed E-state index contributed by atoms with van der Waals surface area (Å²) in [5.41, 5.74) is 0.413. The first kappa shape index (κ1) is 23.0. The van der Waals surface area contributed by atoms with Crippen LogP contribution in [-0.2, 0) is 24.7 Å². The van der Waals surface area contributed by atoms with E-state index in [9.17, 15) is 26.4 Å². The number of anilines is 1. The quantitative estimate of drug-likeness (QED) is 0.368. The summed E-state index contributed by atoms with van der Waals surface area (Å²) in [4.78, 5) is 23.9. The maximum Gasteiger partial charge on any atom is 0.315 e. The number of sulfonamides is 1. The van der Waals surface area contributed by atoms with Crippen molar-refractivity contribution in [1.82, 2.24) is 14.9 Å². The second kappa shape index (κ2) is 8.99. The van der Waals surface area contributed by atoms with Crippen LogP contribution in [0.3, 0.4) is 0 Å². The SMILES string of the molecule is O=C(CCCC[C@@H]1[C@@H]2NC(=O)N[C@H]2CS1(=O)=O)Nc1cccc(S(=O)(=O)N2CCCC2)c1. The van der Waals surface area contributed by atoms with Crippen molar-refractivity contribution in [3.05, 3.63) is 24.3 Å². The molecule has 0 spiro atoms. The maximum absolute atomic E-state index is 12.7. The number of amides is 3. The minimum Gasteiger partial charge on any atom is -0.332 e. The summed E-state index contributed by atoms with van der Waals surface area (Å²) in [6.07, 6.45) is 3.28. The minimum atomic E-state index is -3.56. The first-order chi connectivity index (χ1) is 15.2. The van der Waals surface area contributed by atoms with Gasteiger partial charge in [0.1, 0.15) is 0 Å². The van der Waals surface area contributed by atoms with E-state index in [4.69, 9.17) is 0 Å². The predicted octanol–water partition coefficient (Wildman–Crippen LogP) is 0.817. The number of urea groups is 1. The second-order valence-corrected chi connectivity index (χ2v) is 12.8. The zero-order chi connectivity index (χ0) is 22.9. The summed E-state index contributed by atoms with van der Waals surface area (Å²) in [5.74, 6) is -0.318. The Morgan fingerprint density at radius 1 is 1.16 bits per heavy atom. The Balaban J connectivity index is 1.27. The highest BCUT2D eigenvalue weighted by atomic mass is 32.2. The molecule has 0 saturated carbocycles. The van der Waals surface area contributed by atoms with Gasteiger partial charge in [0, 0.05) is 25.2 Å². The Bertz CT molecular complexity index is 1100. The van der Waals surface area contributed by atoms with Gasteiger partial charge in [-0.15, -0.1) is 0 Å². The third-order valence-electron chi connectivity index (χ3n) is 6.28. The molecule has 3 N–H and O–H groups in total. The topological polar surface area (TPSA) is 142 Å². The molecule has 176 valence electrons. The van der Waals surface area contributed by atoms with Crippen LogP contribution in [-0.4, -0.2) is 69.3 Å². The van der Waals surface area contributed by atoms with Gasteiger partial charge in [-0.3, -0.25) is 4.79 Å². The Kier molecular flexibility index (Phi) is 6.46.